The average Bonchev–Trinajstić information content (AvgIpc) is 2.29. The lowest BCUT2D eigenvalue weighted by molar-refractivity contribution is 0.311. The molecule has 1 aromatic rings. The van der Waals surface area contributed by atoms with Gasteiger partial charge in [-0.05, 0) is 43.0 Å². The maximum absolute atomic E-state index is 5.62. The summed E-state index contributed by atoms with van der Waals surface area (Å²) in [6.45, 7) is 7.09. The molecule has 0 aliphatic carbocycles. The van der Waals surface area contributed by atoms with Gasteiger partial charge in [-0.15, -0.1) is 11.8 Å². The van der Waals surface area contributed by atoms with Crippen LogP contribution in [0.25, 0.3) is 0 Å². The summed E-state index contributed by atoms with van der Waals surface area (Å²) in [6.07, 6.45) is 2.08. The van der Waals surface area contributed by atoms with Crippen molar-refractivity contribution in [2.24, 2.45) is 5.92 Å². The first-order valence-electron chi connectivity index (χ1n) is 5.70. The van der Waals surface area contributed by atoms with Crippen LogP contribution in [0.5, 0.6) is 5.75 Å². The van der Waals surface area contributed by atoms with E-state index in [-0.39, 0.29) is 0 Å². The van der Waals surface area contributed by atoms with Gasteiger partial charge in [-0.25, -0.2) is 0 Å². The van der Waals surface area contributed by atoms with Gasteiger partial charge < -0.3 is 10.1 Å². The molecule has 0 saturated carbocycles. The lowest BCUT2D eigenvalue weighted by Gasteiger charge is -2.09. The van der Waals surface area contributed by atoms with Gasteiger partial charge >= 0.3 is 0 Å². The van der Waals surface area contributed by atoms with E-state index < -0.39 is 0 Å². The molecule has 0 saturated heterocycles. The highest BCUT2D eigenvalue weighted by atomic mass is 32.2. The number of rotatable bonds is 7. The second-order valence-corrected chi connectivity index (χ2v) is 5.00. The van der Waals surface area contributed by atoms with E-state index in [2.05, 4.69) is 37.6 Å². The summed E-state index contributed by atoms with van der Waals surface area (Å²) in [5, 5.41) is 3.35. The van der Waals surface area contributed by atoms with Gasteiger partial charge in [0.15, 0.2) is 0 Å². The standard InChI is InChI=1S/C13H21NOS/c1-11(2)10-14-8-9-15-12-4-6-13(16-3)7-5-12/h4-7,11,14H,8-10H2,1-3H3. The Balaban J connectivity index is 2.16. The monoisotopic (exact) mass is 239 g/mol. The van der Waals surface area contributed by atoms with Crippen LogP contribution in [0.2, 0.25) is 0 Å². The molecule has 0 radical (unpaired) electrons. The lowest BCUT2D eigenvalue weighted by atomic mass is 10.2. The van der Waals surface area contributed by atoms with E-state index >= 15 is 0 Å². The Morgan fingerprint density at radius 3 is 2.50 bits per heavy atom. The summed E-state index contributed by atoms with van der Waals surface area (Å²) in [5.74, 6) is 1.64. The normalized spacial score (nSPS) is 10.8. The Bertz CT molecular complexity index is 284. The van der Waals surface area contributed by atoms with Gasteiger partial charge in [0.1, 0.15) is 12.4 Å². The van der Waals surface area contributed by atoms with Crippen LogP contribution in [0.1, 0.15) is 13.8 Å². The maximum Gasteiger partial charge on any atom is 0.119 e. The van der Waals surface area contributed by atoms with E-state index in [0.29, 0.717) is 5.92 Å². The fraction of sp³-hybridized carbons (Fsp3) is 0.538. The molecule has 0 spiro atoms. The van der Waals surface area contributed by atoms with Crippen LogP contribution in [0.4, 0.5) is 0 Å². The van der Waals surface area contributed by atoms with Gasteiger partial charge in [-0.2, -0.15) is 0 Å². The molecule has 16 heavy (non-hydrogen) atoms. The topological polar surface area (TPSA) is 21.3 Å². The SMILES string of the molecule is CSc1ccc(OCCNCC(C)C)cc1. The number of hydrogen-bond acceptors (Lipinski definition) is 3. The van der Waals surface area contributed by atoms with Crippen molar-refractivity contribution in [1.29, 1.82) is 0 Å². The largest absolute Gasteiger partial charge is 0.492 e. The Morgan fingerprint density at radius 2 is 1.94 bits per heavy atom. The van der Waals surface area contributed by atoms with E-state index in [1.54, 1.807) is 11.8 Å². The minimum absolute atomic E-state index is 0.695. The van der Waals surface area contributed by atoms with Crippen molar-refractivity contribution in [3.05, 3.63) is 24.3 Å². The van der Waals surface area contributed by atoms with Crippen molar-refractivity contribution >= 4 is 11.8 Å². The molecule has 1 aromatic carbocycles. The maximum atomic E-state index is 5.62. The van der Waals surface area contributed by atoms with Crippen LogP contribution in [0.15, 0.2) is 29.2 Å². The number of benzene rings is 1. The van der Waals surface area contributed by atoms with Crippen LogP contribution in [-0.2, 0) is 0 Å². The molecule has 0 aromatic heterocycles. The second-order valence-electron chi connectivity index (χ2n) is 4.12. The summed E-state index contributed by atoms with van der Waals surface area (Å²) in [4.78, 5) is 1.27. The Morgan fingerprint density at radius 1 is 1.25 bits per heavy atom. The zero-order valence-corrected chi connectivity index (χ0v) is 11.1. The summed E-state index contributed by atoms with van der Waals surface area (Å²) >= 11 is 1.74. The molecule has 1 rings (SSSR count). The summed E-state index contributed by atoms with van der Waals surface area (Å²) < 4.78 is 5.62. The van der Waals surface area contributed by atoms with Gasteiger partial charge in [0, 0.05) is 11.4 Å². The molecule has 0 aliphatic rings. The average molecular weight is 239 g/mol. The Hall–Kier alpha value is -0.670. The molecule has 0 unspecified atom stereocenters. The minimum atomic E-state index is 0.695. The highest BCUT2D eigenvalue weighted by Gasteiger charge is 1.95. The van der Waals surface area contributed by atoms with Crippen LogP contribution >= 0.6 is 11.8 Å². The predicted octanol–water partition coefficient (Wildman–Crippen LogP) is 3.03. The minimum Gasteiger partial charge on any atom is -0.492 e. The van der Waals surface area contributed by atoms with Gasteiger partial charge in [0.2, 0.25) is 0 Å². The first-order chi connectivity index (χ1) is 7.72. The number of hydrogen-bond donors (Lipinski definition) is 1. The second kappa shape index (κ2) is 7.58. The first-order valence-corrected chi connectivity index (χ1v) is 6.92. The van der Waals surface area contributed by atoms with Crippen molar-refractivity contribution in [1.82, 2.24) is 5.32 Å². The molecule has 0 atom stereocenters. The molecule has 90 valence electrons. The Labute approximate surface area is 103 Å². The molecule has 0 heterocycles. The molecule has 3 heteroatoms. The molecule has 0 amide bonds. The van der Waals surface area contributed by atoms with E-state index in [9.17, 15) is 0 Å². The number of thioether (sulfide) groups is 1. The van der Waals surface area contributed by atoms with Crippen molar-refractivity contribution in [2.75, 3.05) is 26.0 Å². The van der Waals surface area contributed by atoms with Crippen molar-refractivity contribution in [3.63, 3.8) is 0 Å². The zero-order valence-electron chi connectivity index (χ0n) is 10.3. The molecule has 2 nitrogen and oxygen atoms in total. The smallest absolute Gasteiger partial charge is 0.119 e. The van der Waals surface area contributed by atoms with E-state index in [0.717, 1.165) is 25.4 Å². The summed E-state index contributed by atoms with van der Waals surface area (Å²) in [5.41, 5.74) is 0. The molecule has 0 aliphatic heterocycles. The first kappa shape index (κ1) is 13.4. The highest BCUT2D eigenvalue weighted by Crippen LogP contribution is 2.18. The van der Waals surface area contributed by atoms with Crippen LogP contribution < -0.4 is 10.1 Å². The molecular formula is C13H21NOS. The van der Waals surface area contributed by atoms with Gasteiger partial charge in [-0.1, -0.05) is 13.8 Å². The molecule has 0 fully saturated rings. The van der Waals surface area contributed by atoms with Gasteiger partial charge in [-0.3, -0.25) is 0 Å². The van der Waals surface area contributed by atoms with Crippen molar-refractivity contribution in [3.8, 4) is 5.75 Å². The quantitative estimate of drug-likeness (QED) is 0.584. The van der Waals surface area contributed by atoms with Crippen LogP contribution in [0, 0.1) is 5.92 Å². The predicted molar refractivity (Wildman–Crippen MR) is 71.4 cm³/mol. The highest BCUT2D eigenvalue weighted by molar-refractivity contribution is 7.98. The third-order valence-corrected chi connectivity index (χ3v) is 2.90. The van der Waals surface area contributed by atoms with Gasteiger partial charge in [0.25, 0.3) is 0 Å². The molecule has 1 N–H and O–H groups in total. The van der Waals surface area contributed by atoms with Crippen molar-refractivity contribution < 1.29 is 4.74 Å². The Kier molecular flexibility index (Phi) is 6.34. The lowest BCUT2D eigenvalue weighted by Crippen LogP contribution is -2.24. The molecule has 0 bridgehead atoms. The zero-order chi connectivity index (χ0) is 11.8. The molecular weight excluding hydrogens is 218 g/mol. The van der Waals surface area contributed by atoms with Crippen LogP contribution in [-0.4, -0.2) is 26.0 Å². The van der Waals surface area contributed by atoms with Crippen molar-refractivity contribution in [2.45, 2.75) is 18.7 Å². The van der Waals surface area contributed by atoms with E-state index in [4.69, 9.17) is 4.74 Å². The summed E-state index contributed by atoms with van der Waals surface area (Å²) in [7, 11) is 0. The van der Waals surface area contributed by atoms with Crippen LogP contribution in [0.3, 0.4) is 0 Å². The third kappa shape index (κ3) is 5.42. The summed E-state index contributed by atoms with van der Waals surface area (Å²) in [6, 6.07) is 8.21. The fourth-order valence-corrected chi connectivity index (χ4v) is 1.71. The number of nitrogens with one attached hydrogen (secondary N) is 1. The third-order valence-electron chi connectivity index (χ3n) is 2.16. The fourth-order valence-electron chi connectivity index (χ4n) is 1.30. The number of ether oxygens (including phenoxy) is 1. The van der Waals surface area contributed by atoms with E-state index in [1.807, 2.05) is 12.1 Å². The van der Waals surface area contributed by atoms with Gasteiger partial charge in [0.05, 0.1) is 0 Å². The van der Waals surface area contributed by atoms with E-state index in [1.165, 1.54) is 4.90 Å².